The van der Waals surface area contributed by atoms with Crippen molar-refractivity contribution in [1.82, 2.24) is 10.1 Å². The standard InChI is InChI=1S/C12H18N2O4/c1-4-6-14(8-11(15)17-5-2)12(16)10-7-9(3)18-13-10/h7H,4-6,8H2,1-3H3. The number of hydrogen-bond acceptors (Lipinski definition) is 5. The van der Waals surface area contributed by atoms with Gasteiger partial charge in [0, 0.05) is 12.6 Å². The lowest BCUT2D eigenvalue weighted by atomic mass is 10.3. The zero-order valence-corrected chi connectivity index (χ0v) is 10.9. The lowest BCUT2D eigenvalue weighted by molar-refractivity contribution is -0.143. The third-order valence-electron chi connectivity index (χ3n) is 2.25. The van der Waals surface area contributed by atoms with E-state index < -0.39 is 5.97 Å². The quantitative estimate of drug-likeness (QED) is 0.717. The molecule has 6 heteroatoms. The maximum absolute atomic E-state index is 12.1. The number of amides is 1. The van der Waals surface area contributed by atoms with Crippen LogP contribution in [0.2, 0.25) is 0 Å². The summed E-state index contributed by atoms with van der Waals surface area (Å²) in [7, 11) is 0. The van der Waals surface area contributed by atoms with Crippen molar-refractivity contribution in [2.45, 2.75) is 27.2 Å². The summed E-state index contributed by atoms with van der Waals surface area (Å²) in [5.74, 6) is -0.174. The van der Waals surface area contributed by atoms with Gasteiger partial charge in [-0.1, -0.05) is 12.1 Å². The van der Waals surface area contributed by atoms with Crippen molar-refractivity contribution >= 4 is 11.9 Å². The van der Waals surface area contributed by atoms with Crippen LogP contribution >= 0.6 is 0 Å². The van der Waals surface area contributed by atoms with Crippen LogP contribution in [0.1, 0.15) is 36.5 Å². The Hall–Kier alpha value is -1.85. The zero-order chi connectivity index (χ0) is 13.5. The van der Waals surface area contributed by atoms with Gasteiger partial charge >= 0.3 is 5.97 Å². The van der Waals surface area contributed by atoms with Crippen molar-refractivity contribution in [3.05, 3.63) is 17.5 Å². The predicted octanol–water partition coefficient (Wildman–Crippen LogP) is 1.40. The molecular weight excluding hydrogens is 236 g/mol. The summed E-state index contributed by atoms with van der Waals surface area (Å²) < 4.78 is 9.69. The van der Waals surface area contributed by atoms with Gasteiger partial charge in [-0.2, -0.15) is 0 Å². The molecule has 0 spiro atoms. The first-order valence-corrected chi connectivity index (χ1v) is 5.96. The summed E-state index contributed by atoms with van der Waals surface area (Å²) in [6.45, 7) is 6.08. The number of carbonyl (C=O) groups excluding carboxylic acids is 2. The fourth-order valence-corrected chi connectivity index (χ4v) is 1.51. The van der Waals surface area contributed by atoms with E-state index in [0.717, 1.165) is 6.42 Å². The highest BCUT2D eigenvalue weighted by molar-refractivity contribution is 5.94. The minimum absolute atomic E-state index is 0.0631. The molecule has 6 nitrogen and oxygen atoms in total. The van der Waals surface area contributed by atoms with Crippen molar-refractivity contribution in [2.75, 3.05) is 19.7 Å². The average molecular weight is 254 g/mol. The maximum Gasteiger partial charge on any atom is 0.325 e. The van der Waals surface area contributed by atoms with Crippen LogP contribution in [0.15, 0.2) is 10.6 Å². The van der Waals surface area contributed by atoms with Crippen molar-refractivity contribution in [1.29, 1.82) is 0 Å². The molecule has 1 heterocycles. The van der Waals surface area contributed by atoms with Gasteiger partial charge in [0.15, 0.2) is 5.69 Å². The summed E-state index contributed by atoms with van der Waals surface area (Å²) in [4.78, 5) is 24.9. The molecule has 1 aromatic heterocycles. The molecular formula is C12H18N2O4. The van der Waals surface area contributed by atoms with Crippen molar-refractivity contribution in [2.24, 2.45) is 0 Å². The van der Waals surface area contributed by atoms with E-state index >= 15 is 0 Å². The van der Waals surface area contributed by atoms with E-state index in [1.54, 1.807) is 19.9 Å². The van der Waals surface area contributed by atoms with Gasteiger partial charge < -0.3 is 14.2 Å². The summed E-state index contributed by atoms with van der Waals surface area (Å²) in [5.41, 5.74) is 0.213. The molecule has 1 rings (SSSR count). The lowest BCUT2D eigenvalue weighted by Gasteiger charge is -2.19. The molecule has 100 valence electrons. The summed E-state index contributed by atoms with van der Waals surface area (Å²) >= 11 is 0. The van der Waals surface area contributed by atoms with Crippen LogP contribution in [0.4, 0.5) is 0 Å². The number of rotatable bonds is 6. The fourth-order valence-electron chi connectivity index (χ4n) is 1.51. The second kappa shape index (κ2) is 6.78. The first kappa shape index (κ1) is 14.2. The predicted molar refractivity (Wildman–Crippen MR) is 64.1 cm³/mol. The second-order valence-corrected chi connectivity index (χ2v) is 3.85. The highest BCUT2D eigenvalue weighted by atomic mass is 16.5. The Labute approximate surface area is 106 Å². The Morgan fingerprint density at radius 3 is 2.67 bits per heavy atom. The highest BCUT2D eigenvalue weighted by Gasteiger charge is 2.21. The van der Waals surface area contributed by atoms with Crippen molar-refractivity contribution in [3.8, 4) is 0 Å². The van der Waals surface area contributed by atoms with Crippen LogP contribution in [0.3, 0.4) is 0 Å². The molecule has 18 heavy (non-hydrogen) atoms. The third kappa shape index (κ3) is 3.87. The molecule has 0 aromatic carbocycles. The SMILES string of the molecule is CCCN(CC(=O)OCC)C(=O)c1cc(C)on1. The Bertz CT molecular complexity index is 414. The van der Waals surface area contributed by atoms with Gasteiger partial charge in [0.05, 0.1) is 6.61 Å². The fraction of sp³-hybridized carbons (Fsp3) is 0.583. The van der Waals surface area contributed by atoms with Crippen LogP contribution in [-0.4, -0.2) is 41.6 Å². The van der Waals surface area contributed by atoms with Crippen molar-refractivity contribution in [3.63, 3.8) is 0 Å². The molecule has 0 saturated carbocycles. The molecule has 0 aliphatic rings. The Balaban J connectivity index is 2.71. The average Bonchev–Trinajstić information content (AvgIpc) is 2.75. The van der Waals surface area contributed by atoms with E-state index in [-0.39, 0.29) is 18.1 Å². The summed E-state index contributed by atoms with van der Waals surface area (Å²) in [6, 6.07) is 1.55. The van der Waals surface area contributed by atoms with Gasteiger partial charge in [-0.15, -0.1) is 0 Å². The van der Waals surface area contributed by atoms with Crippen molar-refractivity contribution < 1.29 is 18.8 Å². The van der Waals surface area contributed by atoms with Crippen LogP contribution in [0.25, 0.3) is 0 Å². The Morgan fingerprint density at radius 1 is 1.44 bits per heavy atom. The zero-order valence-electron chi connectivity index (χ0n) is 10.9. The molecule has 0 aliphatic heterocycles. The molecule has 0 unspecified atom stereocenters. The summed E-state index contributed by atoms with van der Waals surface area (Å²) in [6.07, 6.45) is 0.752. The minimum atomic E-state index is -0.417. The van der Waals surface area contributed by atoms with Crippen LogP contribution in [0.5, 0.6) is 0 Å². The van der Waals surface area contributed by atoms with E-state index in [1.807, 2.05) is 6.92 Å². The van der Waals surface area contributed by atoms with Gasteiger partial charge in [-0.25, -0.2) is 0 Å². The molecule has 0 N–H and O–H groups in total. The third-order valence-corrected chi connectivity index (χ3v) is 2.25. The van der Waals surface area contributed by atoms with Crippen LogP contribution in [0, 0.1) is 6.92 Å². The van der Waals surface area contributed by atoms with Gasteiger partial charge in [0.1, 0.15) is 12.3 Å². The molecule has 0 atom stereocenters. The highest BCUT2D eigenvalue weighted by Crippen LogP contribution is 2.07. The molecule has 1 aromatic rings. The number of nitrogens with zero attached hydrogens (tertiary/aromatic N) is 2. The number of carbonyl (C=O) groups is 2. The number of aryl methyl sites for hydroxylation is 1. The number of esters is 1. The number of ether oxygens (including phenoxy) is 1. The smallest absolute Gasteiger partial charge is 0.325 e. The molecule has 0 saturated heterocycles. The van der Waals surface area contributed by atoms with Crippen LogP contribution < -0.4 is 0 Å². The molecule has 0 radical (unpaired) electrons. The largest absolute Gasteiger partial charge is 0.465 e. The van der Waals surface area contributed by atoms with E-state index in [4.69, 9.17) is 9.26 Å². The van der Waals surface area contributed by atoms with E-state index in [9.17, 15) is 9.59 Å². The Morgan fingerprint density at radius 2 is 2.17 bits per heavy atom. The van der Waals surface area contributed by atoms with Gasteiger partial charge in [-0.05, 0) is 20.3 Å². The first-order chi connectivity index (χ1) is 8.58. The van der Waals surface area contributed by atoms with E-state index in [1.165, 1.54) is 4.90 Å². The number of hydrogen-bond donors (Lipinski definition) is 0. The molecule has 0 aliphatic carbocycles. The first-order valence-electron chi connectivity index (χ1n) is 5.96. The summed E-state index contributed by atoms with van der Waals surface area (Å²) in [5, 5.41) is 3.65. The molecule has 0 fully saturated rings. The van der Waals surface area contributed by atoms with Gasteiger partial charge in [0.25, 0.3) is 5.91 Å². The molecule has 0 bridgehead atoms. The second-order valence-electron chi connectivity index (χ2n) is 3.85. The normalized spacial score (nSPS) is 10.2. The Kier molecular flexibility index (Phi) is 5.35. The number of aromatic nitrogens is 1. The van der Waals surface area contributed by atoms with Crippen LogP contribution in [-0.2, 0) is 9.53 Å². The molecule has 1 amide bonds. The van der Waals surface area contributed by atoms with Gasteiger partial charge in [0.2, 0.25) is 0 Å². The van der Waals surface area contributed by atoms with E-state index in [2.05, 4.69) is 5.16 Å². The van der Waals surface area contributed by atoms with Gasteiger partial charge in [-0.3, -0.25) is 9.59 Å². The monoisotopic (exact) mass is 254 g/mol. The maximum atomic E-state index is 12.1. The van der Waals surface area contributed by atoms with E-state index in [0.29, 0.717) is 18.9 Å². The minimum Gasteiger partial charge on any atom is -0.465 e. The lowest BCUT2D eigenvalue weighted by Crippen LogP contribution is -2.37. The topological polar surface area (TPSA) is 72.6 Å².